The molecule has 0 bridgehead atoms. The third kappa shape index (κ3) is 7.00. The summed E-state index contributed by atoms with van der Waals surface area (Å²) in [5.41, 5.74) is -5.25. The van der Waals surface area contributed by atoms with Crippen molar-refractivity contribution in [2.75, 3.05) is 0 Å². The SMILES string of the molecule is CC.Cc1c(F)c(F)c(-c2cccc(-c3c(F)c(F)c(F)c(F)c3F)c2Br)c(F)c1F.Cc1cccc(-c2c(F)c(F)c(F)c(F)c2F)c1Br. The lowest BCUT2D eigenvalue weighted by atomic mass is 9.96. The molecule has 0 N–H and O–H groups in total. The molecule has 0 heterocycles. The van der Waals surface area contributed by atoms with E-state index in [0.29, 0.717) is 5.56 Å². The predicted molar refractivity (Wildman–Crippen MR) is 165 cm³/mol. The highest BCUT2D eigenvalue weighted by molar-refractivity contribution is 9.11. The van der Waals surface area contributed by atoms with Crippen molar-refractivity contribution < 1.29 is 61.5 Å². The summed E-state index contributed by atoms with van der Waals surface area (Å²) >= 11 is 5.86. The Hall–Kier alpha value is -3.92. The van der Waals surface area contributed by atoms with E-state index in [0.717, 1.165) is 25.1 Å². The van der Waals surface area contributed by atoms with Crippen LogP contribution in [0.2, 0.25) is 0 Å². The molecule has 0 nitrogen and oxygen atoms in total. The molecule has 0 unspecified atom stereocenters. The largest absolute Gasteiger partial charge is 0.203 e. The highest BCUT2D eigenvalue weighted by Gasteiger charge is 2.31. The molecule has 0 radical (unpaired) electrons. The standard InChI is InChI=1S/C19H6BrF9.C13H6BrF5.C2H6/c1-5-11(21)13(23)8(14(24)12(5)22)6-3-2-4-7(10(6)20)9-15(25)17(27)19(29)18(28)16(9)26;1-5-3-2-4-6(8(5)14)7-9(15)11(17)13(19)12(18)10(7)16;1-2/h2-4H,1H3;2-4H,1H3;1-2H3. The van der Waals surface area contributed by atoms with Crippen LogP contribution in [-0.2, 0) is 0 Å². The summed E-state index contributed by atoms with van der Waals surface area (Å²) in [5, 5.41) is 0. The third-order valence-electron chi connectivity index (χ3n) is 6.90. The highest BCUT2D eigenvalue weighted by Crippen LogP contribution is 2.43. The summed E-state index contributed by atoms with van der Waals surface area (Å²) in [7, 11) is 0. The van der Waals surface area contributed by atoms with Gasteiger partial charge >= 0.3 is 0 Å². The van der Waals surface area contributed by atoms with Crippen LogP contribution >= 0.6 is 31.9 Å². The number of benzene rings is 5. The molecule has 0 amide bonds. The van der Waals surface area contributed by atoms with Crippen LogP contribution in [0.25, 0.3) is 33.4 Å². The minimum absolute atomic E-state index is 0.0900. The lowest BCUT2D eigenvalue weighted by Crippen LogP contribution is -2.06. The Labute approximate surface area is 291 Å². The summed E-state index contributed by atoms with van der Waals surface area (Å²) in [5.74, 6) is -28.0. The third-order valence-corrected chi connectivity index (χ3v) is 8.81. The quantitative estimate of drug-likeness (QED) is 0.0964. The number of aryl methyl sites for hydroxylation is 1. The summed E-state index contributed by atoms with van der Waals surface area (Å²) in [4.78, 5) is 0. The van der Waals surface area contributed by atoms with Gasteiger partial charge in [-0.15, -0.1) is 0 Å². The second kappa shape index (κ2) is 16.0. The van der Waals surface area contributed by atoms with Gasteiger partial charge in [-0.25, -0.2) is 61.5 Å². The zero-order valence-electron chi connectivity index (χ0n) is 25.5. The van der Waals surface area contributed by atoms with E-state index in [1.807, 2.05) is 13.8 Å². The Balaban J connectivity index is 0.000000278. The molecule has 5 rings (SSSR count). The van der Waals surface area contributed by atoms with Gasteiger partial charge in [0.15, 0.2) is 69.8 Å². The predicted octanol–water partition coefficient (Wildman–Crippen LogP) is 13.5. The zero-order chi connectivity index (χ0) is 38.1. The number of halogens is 16. The van der Waals surface area contributed by atoms with Crippen molar-refractivity contribution in [1.82, 2.24) is 0 Å². The molecule has 0 spiro atoms. The van der Waals surface area contributed by atoms with Crippen molar-refractivity contribution >= 4 is 31.9 Å². The molecule has 0 atom stereocenters. The number of rotatable bonds is 3. The molecule has 5 aromatic rings. The van der Waals surface area contributed by atoms with Gasteiger partial charge in [0, 0.05) is 31.2 Å². The van der Waals surface area contributed by atoms with Crippen molar-refractivity contribution in [3.05, 3.63) is 138 Å². The van der Waals surface area contributed by atoms with Crippen LogP contribution in [0.3, 0.4) is 0 Å². The van der Waals surface area contributed by atoms with E-state index in [4.69, 9.17) is 0 Å². The molecule has 0 fully saturated rings. The van der Waals surface area contributed by atoms with Crippen LogP contribution in [0, 0.1) is 95.3 Å². The molecular weight excluding hydrogens is 834 g/mol. The van der Waals surface area contributed by atoms with Gasteiger partial charge in [0.1, 0.15) is 0 Å². The van der Waals surface area contributed by atoms with Crippen LogP contribution in [0.4, 0.5) is 61.5 Å². The first kappa shape index (κ1) is 40.5. The molecule has 0 saturated carbocycles. The van der Waals surface area contributed by atoms with Gasteiger partial charge in [-0.1, -0.05) is 50.2 Å². The Morgan fingerprint density at radius 1 is 0.340 bits per heavy atom. The molecule has 16 heteroatoms. The molecule has 0 aliphatic heterocycles. The molecule has 0 aliphatic carbocycles. The van der Waals surface area contributed by atoms with Crippen molar-refractivity contribution in [3.63, 3.8) is 0 Å². The minimum Gasteiger partial charge on any atom is -0.203 e. The summed E-state index contributed by atoms with van der Waals surface area (Å²) in [6.45, 7) is 6.43. The van der Waals surface area contributed by atoms with Crippen molar-refractivity contribution in [2.45, 2.75) is 27.7 Å². The molecular formula is C34H18Br2F14. The normalized spacial score (nSPS) is 10.8. The first-order valence-electron chi connectivity index (χ1n) is 13.8. The van der Waals surface area contributed by atoms with E-state index in [9.17, 15) is 61.5 Å². The van der Waals surface area contributed by atoms with Gasteiger partial charge in [0.25, 0.3) is 0 Å². The van der Waals surface area contributed by atoms with Gasteiger partial charge in [-0.2, -0.15) is 0 Å². The second-order valence-electron chi connectivity index (χ2n) is 9.75. The number of hydrogen-bond donors (Lipinski definition) is 0. The average molecular weight is 852 g/mol. The van der Waals surface area contributed by atoms with Crippen LogP contribution in [0.5, 0.6) is 0 Å². The highest BCUT2D eigenvalue weighted by atomic mass is 79.9. The zero-order valence-corrected chi connectivity index (χ0v) is 28.7. The molecule has 0 saturated heterocycles. The van der Waals surface area contributed by atoms with E-state index in [1.54, 1.807) is 13.0 Å². The van der Waals surface area contributed by atoms with Gasteiger partial charge in [0.05, 0.1) is 16.7 Å². The van der Waals surface area contributed by atoms with E-state index >= 15 is 0 Å². The molecule has 5 aromatic carbocycles. The minimum atomic E-state index is -2.39. The van der Waals surface area contributed by atoms with E-state index in [1.165, 1.54) is 12.1 Å². The van der Waals surface area contributed by atoms with E-state index < -0.39 is 119 Å². The van der Waals surface area contributed by atoms with Crippen LogP contribution in [0.15, 0.2) is 45.3 Å². The Bertz CT molecular complexity index is 1950. The van der Waals surface area contributed by atoms with Gasteiger partial charge in [0.2, 0.25) is 11.6 Å². The lowest BCUT2D eigenvalue weighted by molar-refractivity contribution is 0.381. The monoisotopic (exact) mass is 850 g/mol. The summed E-state index contributed by atoms with van der Waals surface area (Å²) < 4.78 is 191. The van der Waals surface area contributed by atoms with Crippen LogP contribution in [0.1, 0.15) is 25.0 Å². The summed E-state index contributed by atoms with van der Waals surface area (Å²) in [6, 6.07) is 7.17. The first-order valence-corrected chi connectivity index (χ1v) is 15.3. The van der Waals surface area contributed by atoms with Gasteiger partial charge in [-0.3, -0.25) is 0 Å². The Morgan fingerprint density at radius 2 is 0.580 bits per heavy atom. The number of hydrogen-bond acceptors (Lipinski definition) is 0. The van der Waals surface area contributed by atoms with E-state index in [2.05, 4.69) is 31.9 Å². The van der Waals surface area contributed by atoms with Crippen molar-refractivity contribution in [1.29, 1.82) is 0 Å². The fraction of sp³-hybridized carbons (Fsp3) is 0.118. The Morgan fingerprint density at radius 3 is 0.900 bits per heavy atom. The van der Waals surface area contributed by atoms with Crippen LogP contribution < -0.4 is 0 Å². The second-order valence-corrected chi connectivity index (χ2v) is 11.3. The maximum absolute atomic E-state index is 14.3. The van der Waals surface area contributed by atoms with Crippen LogP contribution in [-0.4, -0.2) is 0 Å². The van der Waals surface area contributed by atoms with Crippen molar-refractivity contribution in [2.24, 2.45) is 0 Å². The maximum atomic E-state index is 14.3. The van der Waals surface area contributed by atoms with E-state index in [-0.39, 0.29) is 10.0 Å². The fourth-order valence-electron chi connectivity index (χ4n) is 4.42. The smallest absolute Gasteiger partial charge is 0.200 e. The average Bonchev–Trinajstić information content (AvgIpc) is 3.10. The summed E-state index contributed by atoms with van der Waals surface area (Å²) in [6.07, 6.45) is 0. The maximum Gasteiger partial charge on any atom is 0.200 e. The Kier molecular flexibility index (Phi) is 12.9. The fourth-order valence-corrected chi connectivity index (χ4v) is 5.54. The molecule has 266 valence electrons. The van der Waals surface area contributed by atoms with Gasteiger partial charge in [-0.05, 0) is 51.3 Å². The molecule has 0 aliphatic rings. The van der Waals surface area contributed by atoms with Crippen molar-refractivity contribution in [3.8, 4) is 33.4 Å². The lowest BCUT2D eigenvalue weighted by Gasteiger charge is -2.15. The molecule has 50 heavy (non-hydrogen) atoms. The first-order chi connectivity index (χ1) is 23.4. The molecule has 0 aromatic heterocycles. The topological polar surface area (TPSA) is 0 Å². The van der Waals surface area contributed by atoms with Gasteiger partial charge < -0.3 is 0 Å².